The highest BCUT2D eigenvalue weighted by atomic mass is 16.5. The lowest BCUT2D eigenvalue weighted by molar-refractivity contribution is -0.0121. The topological polar surface area (TPSA) is 21.3 Å². The van der Waals surface area contributed by atoms with Crippen LogP contribution in [-0.4, -0.2) is 24.8 Å². The molecule has 1 fully saturated rings. The third kappa shape index (κ3) is 3.81. The molecule has 0 aliphatic heterocycles. The fraction of sp³-hybridized carbons (Fsp3) is 0.833. The summed E-state index contributed by atoms with van der Waals surface area (Å²) in [6, 6.07) is 1.30. The van der Waals surface area contributed by atoms with Crippen LogP contribution in [0.15, 0.2) is 12.7 Å². The van der Waals surface area contributed by atoms with Gasteiger partial charge < -0.3 is 10.1 Å². The Labute approximate surface area is 87.7 Å². The average molecular weight is 197 g/mol. The SMILES string of the molecule is C=CCCC(C)NC1CC(OCC)C1. The van der Waals surface area contributed by atoms with Gasteiger partial charge in [-0.15, -0.1) is 6.58 Å². The molecule has 1 N–H and O–H groups in total. The normalized spacial score (nSPS) is 28.1. The zero-order valence-corrected chi connectivity index (χ0v) is 9.46. The van der Waals surface area contributed by atoms with Gasteiger partial charge in [0.05, 0.1) is 6.10 Å². The number of hydrogen-bond acceptors (Lipinski definition) is 2. The van der Waals surface area contributed by atoms with Gasteiger partial charge in [-0.1, -0.05) is 6.08 Å². The van der Waals surface area contributed by atoms with Crippen molar-refractivity contribution in [2.75, 3.05) is 6.61 Å². The molecule has 82 valence electrons. The van der Waals surface area contributed by atoms with Crippen LogP contribution in [0.5, 0.6) is 0 Å². The van der Waals surface area contributed by atoms with Gasteiger partial charge in [0.1, 0.15) is 0 Å². The van der Waals surface area contributed by atoms with E-state index in [0.717, 1.165) is 13.0 Å². The van der Waals surface area contributed by atoms with Crippen molar-refractivity contribution in [3.05, 3.63) is 12.7 Å². The van der Waals surface area contributed by atoms with Gasteiger partial charge in [0, 0.05) is 18.7 Å². The Kier molecular flexibility index (Phi) is 5.20. The van der Waals surface area contributed by atoms with Crippen molar-refractivity contribution in [3.63, 3.8) is 0 Å². The van der Waals surface area contributed by atoms with Crippen molar-refractivity contribution >= 4 is 0 Å². The Bertz CT molecular complexity index is 164. The minimum Gasteiger partial charge on any atom is -0.378 e. The van der Waals surface area contributed by atoms with Crippen LogP contribution in [0.1, 0.15) is 39.5 Å². The van der Waals surface area contributed by atoms with E-state index in [2.05, 4.69) is 25.7 Å². The zero-order chi connectivity index (χ0) is 10.4. The quantitative estimate of drug-likeness (QED) is 0.633. The van der Waals surface area contributed by atoms with Crippen LogP contribution in [-0.2, 0) is 4.74 Å². The second-order valence-corrected chi connectivity index (χ2v) is 4.18. The highest BCUT2D eigenvalue weighted by Crippen LogP contribution is 2.23. The van der Waals surface area contributed by atoms with E-state index in [-0.39, 0.29) is 0 Å². The Morgan fingerprint density at radius 2 is 2.29 bits per heavy atom. The third-order valence-electron chi connectivity index (χ3n) is 2.82. The number of rotatable bonds is 7. The van der Waals surface area contributed by atoms with Crippen LogP contribution in [0.2, 0.25) is 0 Å². The second-order valence-electron chi connectivity index (χ2n) is 4.18. The first-order valence-electron chi connectivity index (χ1n) is 5.74. The first-order valence-corrected chi connectivity index (χ1v) is 5.74. The van der Waals surface area contributed by atoms with Gasteiger partial charge in [-0.2, -0.15) is 0 Å². The molecule has 0 amide bonds. The first kappa shape index (κ1) is 11.7. The van der Waals surface area contributed by atoms with Crippen LogP contribution in [0.25, 0.3) is 0 Å². The lowest BCUT2D eigenvalue weighted by Gasteiger charge is -2.37. The van der Waals surface area contributed by atoms with E-state index in [4.69, 9.17) is 4.74 Å². The largest absolute Gasteiger partial charge is 0.378 e. The van der Waals surface area contributed by atoms with E-state index in [1.807, 2.05) is 6.08 Å². The molecule has 0 aromatic heterocycles. The number of nitrogens with one attached hydrogen (secondary N) is 1. The molecule has 0 aromatic carbocycles. The number of hydrogen-bond donors (Lipinski definition) is 1. The fourth-order valence-corrected chi connectivity index (χ4v) is 1.93. The molecule has 14 heavy (non-hydrogen) atoms. The van der Waals surface area contributed by atoms with Gasteiger partial charge in [0.15, 0.2) is 0 Å². The minimum absolute atomic E-state index is 0.518. The molecule has 0 heterocycles. The summed E-state index contributed by atoms with van der Waals surface area (Å²) in [5.41, 5.74) is 0. The average Bonchev–Trinajstić information content (AvgIpc) is 2.11. The molecule has 1 aliphatic carbocycles. The molecule has 1 aliphatic rings. The highest BCUT2D eigenvalue weighted by molar-refractivity contribution is 4.87. The molecule has 0 saturated heterocycles. The Morgan fingerprint density at radius 3 is 2.86 bits per heavy atom. The summed E-state index contributed by atoms with van der Waals surface area (Å²) in [7, 11) is 0. The smallest absolute Gasteiger partial charge is 0.0604 e. The maximum atomic E-state index is 5.51. The standard InChI is InChI=1S/C12H23NO/c1-4-6-7-10(3)13-11-8-12(9-11)14-5-2/h4,10-13H,1,5-9H2,2-3H3. The van der Waals surface area contributed by atoms with Crippen molar-refractivity contribution < 1.29 is 4.74 Å². The first-order chi connectivity index (χ1) is 6.76. The summed E-state index contributed by atoms with van der Waals surface area (Å²) in [4.78, 5) is 0. The van der Waals surface area contributed by atoms with Crippen molar-refractivity contribution in [2.45, 2.75) is 57.7 Å². The summed E-state index contributed by atoms with van der Waals surface area (Å²) in [6.45, 7) is 8.90. The van der Waals surface area contributed by atoms with E-state index >= 15 is 0 Å². The summed E-state index contributed by atoms with van der Waals surface area (Å²) >= 11 is 0. The van der Waals surface area contributed by atoms with E-state index < -0.39 is 0 Å². The van der Waals surface area contributed by atoms with Gasteiger partial charge in [-0.25, -0.2) is 0 Å². The fourth-order valence-electron chi connectivity index (χ4n) is 1.93. The maximum absolute atomic E-state index is 5.51. The molecular weight excluding hydrogens is 174 g/mol. The predicted octanol–water partition coefficient (Wildman–Crippen LogP) is 2.50. The van der Waals surface area contributed by atoms with Crippen molar-refractivity contribution in [1.82, 2.24) is 5.32 Å². The van der Waals surface area contributed by atoms with Gasteiger partial charge in [0.25, 0.3) is 0 Å². The number of ether oxygens (including phenoxy) is 1. The van der Waals surface area contributed by atoms with E-state index in [0.29, 0.717) is 18.2 Å². The van der Waals surface area contributed by atoms with Crippen LogP contribution >= 0.6 is 0 Å². The van der Waals surface area contributed by atoms with Crippen molar-refractivity contribution in [2.24, 2.45) is 0 Å². The molecule has 1 atom stereocenters. The molecule has 0 radical (unpaired) electrons. The lowest BCUT2D eigenvalue weighted by atomic mass is 9.88. The summed E-state index contributed by atoms with van der Waals surface area (Å²) < 4.78 is 5.51. The molecule has 1 rings (SSSR count). The molecule has 2 nitrogen and oxygen atoms in total. The Balaban J connectivity index is 2.01. The van der Waals surface area contributed by atoms with Crippen LogP contribution in [0, 0.1) is 0 Å². The number of allylic oxidation sites excluding steroid dienone is 1. The molecule has 1 unspecified atom stereocenters. The Morgan fingerprint density at radius 1 is 1.57 bits per heavy atom. The van der Waals surface area contributed by atoms with Crippen LogP contribution in [0.4, 0.5) is 0 Å². The zero-order valence-electron chi connectivity index (χ0n) is 9.46. The summed E-state index contributed by atoms with van der Waals surface area (Å²) in [5.74, 6) is 0. The van der Waals surface area contributed by atoms with E-state index in [9.17, 15) is 0 Å². The van der Waals surface area contributed by atoms with E-state index in [1.165, 1.54) is 19.3 Å². The third-order valence-corrected chi connectivity index (χ3v) is 2.82. The van der Waals surface area contributed by atoms with Gasteiger partial charge >= 0.3 is 0 Å². The minimum atomic E-state index is 0.518. The summed E-state index contributed by atoms with van der Waals surface area (Å²) in [6.07, 6.45) is 7.18. The second kappa shape index (κ2) is 6.20. The predicted molar refractivity (Wildman–Crippen MR) is 60.5 cm³/mol. The summed E-state index contributed by atoms with van der Waals surface area (Å²) in [5, 5.41) is 3.61. The lowest BCUT2D eigenvalue weighted by Crippen LogP contribution is -2.48. The highest BCUT2D eigenvalue weighted by Gasteiger charge is 2.29. The van der Waals surface area contributed by atoms with Gasteiger partial charge in [-0.3, -0.25) is 0 Å². The molecule has 0 spiro atoms. The molecule has 1 saturated carbocycles. The van der Waals surface area contributed by atoms with Crippen molar-refractivity contribution in [1.29, 1.82) is 0 Å². The van der Waals surface area contributed by atoms with Gasteiger partial charge in [0.2, 0.25) is 0 Å². The van der Waals surface area contributed by atoms with Crippen molar-refractivity contribution in [3.8, 4) is 0 Å². The molecule has 0 bridgehead atoms. The monoisotopic (exact) mass is 197 g/mol. The van der Waals surface area contributed by atoms with E-state index in [1.54, 1.807) is 0 Å². The van der Waals surface area contributed by atoms with Gasteiger partial charge in [-0.05, 0) is 39.5 Å². The molecular formula is C12H23NO. The molecule has 0 aromatic rings. The van der Waals surface area contributed by atoms with Crippen LogP contribution < -0.4 is 5.32 Å². The molecule has 2 heteroatoms. The Hall–Kier alpha value is -0.340. The maximum Gasteiger partial charge on any atom is 0.0604 e. The van der Waals surface area contributed by atoms with Crippen LogP contribution in [0.3, 0.4) is 0 Å².